The maximum Gasteiger partial charge on any atom is 0.226 e. The first-order chi connectivity index (χ1) is 12.2. The van der Waals surface area contributed by atoms with Crippen LogP contribution in [0.1, 0.15) is 51.5 Å². The number of amides is 1. The third-order valence-electron chi connectivity index (χ3n) is 5.58. The molecule has 0 radical (unpaired) electrons. The van der Waals surface area contributed by atoms with Crippen molar-refractivity contribution in [2.45, 2.75) is 63.6 Å². The number of nitrogens with one attached hydrogen (secondary N) is 1. The third-order valence-corrected chi connectivity index (χ3v) is 5.58. The van der Waals surface area contributed by atoms with Gasteiger partial charge in [0.05, 0.1) is 17.9 Å². The summed E-state index contributed by atoms with van der Waals surface area (Å²) in [4.78, 5) is 22.9. The van der Waals surface area contributed by atoms with E-state index in [1.54, 1.807) is 6.20 Å². The SMILES string of the molecule is C=N/C(=N\CC)Nc1cnn(C2CC3CCC(C2)N3C(=O)C2CC2)c1. The molecule has 25 heavy (non-hydrogen) atoms. The van der Waals surface area contributed by atoms with Crippen molar-refractivity contribution >= 4 is 24.3 Å². The van der Waals surface area contributed by atoms with Gasteiger partial charge in [-0.05, 0) is 52.2 Å². The zero-order valence-corrected chi connectivity index (χ0v) is 14.8. The van der Waals surface area contributed by atoms with Crippen LogP contribution in [0.5, 0.6) is 0 Å². The Morgan fingerprint density at radius 1 is 1.28 bits per heavy atom. The van der Waals surface area contributed by atoms with Gasteiger partial charge in [0.2, 0.25) is 11.9 Å². The van der Waals surface area contributed by atoms with E-state index in [-0.39, 0.29) is 0 Å². The fraction of sp³-hybridized carbons (Fsp3) is 0.667. The molecule has 3 fully saturated rings. The summed E-state index contributed by atoms with van der Waals surface area (Å²) in [6.07, 6.45) is 10.3. The molecule has 1 aliphatic carbocycles. The first kappa shape index (κ1) is 16.3. The van der Waals surface area contributed by atoms with Crippen molar-refractivity contribution in [2.75, 3.05) is 11.9 Å². The summed E-state index contributed by atoms with van der Waals surface area (Å²) >= 11 is 0. The quantitative estimate of drug-likeness (QED) is 0.675. The first-order valence-electron chi connectivity index (χ1n) is 9.34. The summed E-state index contributed by atoms with van der Waals surface area (Å²) in [5.41, 5.74) is 0.878. The number of anilines is 1. The van der Waals surface area contributed by atoms with Gasteiger partial charge in [-0.3, -0.25) is 14.5 Å². The number of aliphatic imine (C=N–C) groups is 2. The summed E-state index contributed by atoms with van der Waals surface area (Å²) in [6, 6.07) is 1.15. The molecule has 3 heterocycles. The van der Waals surface area contributed by atoms with Crippen LogP contribution in [0.15, 0.2) is 22.4 Å². The number of nitrogens with zero attached hydrogens (tertiary/aromatic N) is 5. The molecule has 0 aromatic carbocycles. The maximum atomic E-state index is 12.5. The molecule has 1 aromatic rings. The fourth-order valence-electron chi connectivity index (χ4n) is 4.28. The Morgan fingerprint density at radius 2 is 2.00 bits per heavy atom. The van der Waals surface area contributed by atoms with Gasteiger partial charge in [0.1, 0.15) is 0 Å². The van der Waals surface area contributed by atoms with E-state index in [2.05, 4.69) is 32.0 Å². The molecule has 1 N–H and O–H groups in total. The Labute approximate surface area is 148 Å². The van der Waals surface area contributed by atoms with Crippen LogP contribution < -0.4 is 5.32 Å². The van der Waals surface area contributed by atoms with Gasteiger partial charge in [0, 0.05) is 30.7 Å². The molecule has 2 atom stereocenters. The number of hydrogen-bond acceptors (Lipinski definition) is 3. The topological polar surface area (TPSA) is 74.9 Å². The molecule has 4 rings (SSSR count). The molecule has 2 saturated heterocycles. The number of fused-ring (bicyclic) bond motifs is 2. The highest BCUT2D eigenvalue weighted by Gasteiger charge is 2.47. The molecular formula is C18H26N6O. The molecule has 1 aromatic heterocycles. The van der Waals surface area contributed by atoms with Gasteiger partial charge in [0.15, 0.2) is 0 Å². The summed E-state index contributed by atoms with van der Waals surface area (Å²) in [5, 5.41) is 7.69. The molecule has 2 unspecified atom stereocenters. The third kappa shape index (κ3) is 3.19. The zero-order valence-electron chi connectivity index (χ0n) is 14.8. The predicted octanol–water partition coefficient (Wildman–Crippen LogP) is 2.48. The molecule has 134 valence electrons. The van der Waals surface area contributed by atoms with Crippen LogP contribution >= 0.6 is 0 Å². The van der Waals surface area contributed by atoms with Crippen molar-refractivity contribution in [3.05, 3.63) is 12.4 Å². The summed E-state index contributed by atoms with van der Waals surface area (Å²) in [7, 11) is 0. The minimum atomic E-state index is 0.322. The number of carbonyl (C=O) groups is 1. The van der Waals surface area contributed by atoms with E-state index < -0.39 is 0 Å². The molecule has 0 spiro atoms. The van der Waals surface area contributed by atoms with Crippen molar-refractivity contribution in [3.8, 4) is 0 Å². The molecule has 1 saturated carbocycles. The first-order valence-corrected chi connectivity index (χ1v) is 9.34. The number of rotatable bonds is 4. The van der Waals surface area contributed by atoms with Crippen LogP contribution in [0.25, 0.3) is 0 Å². The molecule has 7 nitrogen and oxygen atoms in total. The predicted molar refractivity (Wildman–Crippen MR) is 98.0 cm³/mol. The standard InChI is InChI=1S/C18H26N6O/c1-3-20-18(19-2)22-13-10-21-23(11-13)16-8-14-6-7-15(9-16)24(14)17(25)12-4-5-12/h10-12,14-16H,2-9H2,1H3,(H,20,22). The van der Waals surface area contributed by atoms with Crippen molar-refractivity contribution < 1.29 is 4.79 Å². The van der Waals surface area contributed by atoms with E-state index in [0.717, 1.165) is 44.2 Å². The van der Waals surface area contributed by atoms with Gasteiger partial charge >= 0.3 is 0 Å². The minimum Gasteiger partial charge on any atom is -0.336 e. The monoisotopic (exact) mass is 342 g/mol. The lowest BCUT2D eigenvalue weighted by atomic mass is 9.97. The van der Waals surface area contributed by atoms with Gasteiger partial charge < -0.3 is 10.2 Å². The second kappa shape index (κ2) is 6.61. The van der Waals surface area contributed by atoms with Crippen molar-refractivity contribution in [3.63, 3.8) is 0 Å². The molecule has 3 aliphatic rings. The lowest BCUT2D eigenvalue weighted by molar-refractivity contribution is -0.137. The van der Waals surface area contributed by atoms with E-state index >= 15 is 0 Å². The van der Waals surface area contributed by atoms with Crippen LogP contribution in [0.3, 0.4) is 0 Å². The molecule has 1 amide bonds. The highest BCUT2D eigenvalue weighted by atomic mass is 16.2. The zero-order chi connectivity index (χ0) is 17.4. The van der Waals surface area contributed by atoms with E-state index in [9.17, 15) is 4.79 Å². The average molecular weight is 342 g/mol. The smallest absolute Gasteiger partial charge is 0.226 e. The summed E-state index contributed by atoms with van der Waals surface area (Å²) < 4.78 is 2.04. The number of hydrogen-bond donors (Lipinski definition) is 1. The second-order valence-corrected chi connectivity index (χ2v) is 7.32. The van der Waals surface area contributed by atoms with Gasteiger partial charge in [-0.2, -0.15) is 5.10 Å². The Kier molecular flexibility index (Phi) is 4.31. The number of piperidine rings is 1. The number of carbonyl (C=O) groups excluding carboxylic acids is 1. The lowest BCUT2D eigenvalue weighted by Gasteiger charge is -2.39. The lowest BCUT2D eigenvalue weighted by Crippen LogP contribution is -2.47. The average Bonchev–Trinajstić information content (AvgIpc) is 3.31. The number of aromatic nitrogens is 2. The van der Waals surface area contributed by atoms with Crippen molar-refractivity contribution in [2.24, 2.45) is 15.9 Å². The molecular weight excluding hydrogens is 316 g/mol. The van der Waals surface area contributed by atoms with Crippen molar-refractivity contribution in [1.82, 2.24) is 14.7 Å². The highest BCUT2D eigenvalue weighted by molar-refractivity contribution is 5.96. The maximum absolute atomic E-state index is 12.5. The Bertz CT molecular complexity index is 677. The van der Waals surface area contributed by atoms with E-state index in [0.29, 0.717) is 42.5 Å². The van der Waals surface area contributed by atoms with Gasteiger partial charge in [-0.15, -0.1) is 0 Å². The van der Waals surface area contributed by atoms with Gasteiger partial charge in [0.25, 0.3) is 0 Å². The largest absolute Gasteiger partial charge is 0.336 e. The molecule has 7 heteroatoms. The Balaban J connectivity index is 1.43. The van der Waals surface area contributed by atoms with E-state index in [4.69, 9.17) is 0 Å². The highest BCUT2D eigenvalue weighted by Crippen LogP contribution is 2.44. The van der Waals surface area contributed by atoms with Crippen LogP contribution in [-0.2, 0) is 4.79 Å². The second-order valence-electron chi connectivity index (χ2n) is 7.32. The Hall–Kier alpha value is -2.18. The van der Waals surface area contributed by atoms with Crippen molar-refractivity contribution in [1.29, 1.82) is 0 Å². The van der Waals surface area contributed by atoms with E-state index in [1.165, 1.54) is 0 Å². The van der Waals surface area contributed by atoms with Crippen LogP contribution in [0, 0.1) is 5.92 Å². The molecule has 2 bridgehead atoms. The summed E-state index contributed by atoms with van der Waals surface area (Å²) in [6.45, 7) is 6.16. The van der Waals surface area contributed by atoms with Crippen LogP contribution in [0.4, 0.5) is 5.69 Å². The number of guanidine groups is 1. The van der Waals surface area contributed by atoms with Gasteiger partial charge in [-0.25, -0.2) is 4.99 Å². The normalized spacial score (nSPS) is 28.9. The van der Waals surface area contributed by atoms with Gasteiger partial charge in [-0.1, -0.05) is 0 Å². The van der Waals surface area contributed by atoms with Crippen LogP contribution in [-0.4, -0.2) is 51.9 Å². The Morgan fingerprint density at radius 3 is 2.60 bits per heavy atom. The molecule has 2 aliphatic heterocycles. The summed E-state index contributed by atoms with van der Waals surface area (Å²) in [5.74, 6) is 1.25. The fourth-order valence-corrected chi connectivity index (χ4v) is 4.28. The minimum absolute atomic E-state index is 0.322. The van der Waals surface area contributed by atoms with E-state index in [1.807, 2.05) is 17.8 Å². The van der Waals surface area contributed by atoms with Crippen LogP contribution in [0.2, 0.25) is 0 Å².